The van der Waals surface area contributed by atoms with E-state index in [2.05, 4.69) is 85.8 Å². The Morgan fingerprint density at radius 3 is 2.14 bits per heavy atom. The summed E-state index contributed by atoms with van der Waals surface area (Å²) in [6, 6.07) is 28.8. The number of fused-ring (bicyclic) bond motifs is 1. The van der Waals surface area contributed by atoms with Crippen molar-refractivity contribution in [3.63, 3.8) is 0 Å². The second-order valence-electron chi connectivity index (χ2n) is 5.88. The summed E-state index contributed by atoms with van der Waals surface area (Å²) in [6.07, 6.45) is 0. The number of hydrogen-bond donors (Lipinski definition) is 0. The Balaban J connectivity index is 1.84. The van der Waals surface area contributed by atoms with E-state index in [4.69, 9.17) is 0 Å². The summed E-state index contributed by atoms with van der Waals surface area (Å²) in [7, 11) is 0. The van der Waals surface area contributed by atoms with Crippen molar-refractivity contribution in [3.8, 4) is 0 Å². The zero-order chi connectivity index (χ0) is 14.9. The number of thioether (sulfide) groups is 1. The molecule has 0 fully saturated rings. The lowest BCUT2D eigenvalue weighted by atomic mass is 9.85. The van der Waals surface area contributed by atoms with Gasteiger partial charge in [-0.1, -0.05) is 78.4 Å². The van der Waals surface area contributed by atoms with Crippen LogP contribution in [0.2, 0.25) is 0 Å². The average Bonchev–Trinajstić information content (AvgIpc) is 2.96. The summed E-state index contributed by atoms with van der Waals surface area (Å²) in [5, 5.41) is 0.460. The van der Waals surface area contributed by atoms with Crippen molar-refractivity contribution in [3.05, 3.63) is 101 Å². The largest absolute Gasteiger partial charge is 0.117 e. The van der Waals surface area contributed by atoms with Gasteiger partial charge < -0.3 is 0 Å². The predicted octanol–water partition coefficient (Wildman–Crippen LogP) is 5.97. The van der Waals surface area contributed by atoms with Gasteiger partial charge in [0.15, 0.2) is 0 Å². The van der Waals surface area contributed by atoms with Gasteiger partial charge in [0, 0.05) is 16.1 Å². The van der Waals surface area contributed by atoms with Gasteiger partial charge in [0.25, 0.3) is 0 Å². The van der Waals surface area contributed by atoms with E-state index in [0.29, 0.717) is 11.2 Å². The third-order valence-corrected chi connectivity index (χ3v) is 5.80. The molecule has 0 bridgehead atoms. The van der Waals surface area contributed by atoms with Crippen molar-refractivity contribution in [2.75, 3.05) is 0 Å². The van der Waals surface area contributed by atoms with Crippen LogP contribution < -0.4 is 0 Å². The summed E-state index contributed by atoms with van der Waals surface area (Å²) in [6.45, 7) is 2.15. The number of hydrogen-bond acceptors (Lipinski definition) is 1. The van der Waals surface area contributed by atoms with Crippen LogP contribution in [-0.4, -0.2) is 0 Å². The maximum absolute atomic E-state index is 2.29. The SMILES string of the molecule is Cc1ccc(C2c3ccccc3SC2c2ccccc2)cc1. The fourth-order valence-electron chi connectivity index (χ4n) is 3.24. The lowest BCUT2D eigenvalue weighted by molar-refractivity contribution is 0.797. The Kier molecular flexibility index (Phi) is 3.51. The van der Waals surface area contributed by atoms with Crippen LogP contribution in [0, 0.1) is 6.92 Å². The first-order valence-corrected chi connectivity index (χ1v) is 8.58. The molecule has 0 spiro atoms. The maximum atomic E-state index is 2.29. The molecule has 0 amide bonds. The van der Waals surface area contributed by atoms with E-state index in [1.807, 2.05) is 11.8 Å². The second kappa shape index (κ2) is 5.66. The highest BCUT2D eigenvalue weighted by molar-refractivity contribution is 8.00. The number of aryl methyl sites for hydroxylation is 1. The summed E-state index contributed by atoms with van der Waals surface area (Å²) >= 11 is 2.00. The topological polar surface area (TPSA) is 0 Å². The molecule has 3 aromatic rings. The molecule has 2 unspecified atom stereocenters. The van der Waals surface area contributed by atoms with Gasteiger partial charge in [0.2, 0.25) is 0 Å². The smallest absolute Gasteiger partial charge is 0.0454 e. The van der Waals surface area contributed by atoms with E-state index in [9.17, 15) is 0 Å². The minimum Gasteiger partial charge on any atom is -0.117 e. The van der Waals surface area contributed by atoms with Crippen molar-refractivity contribution in [1.29, 1.82) is 0 Å². The van der Waals surface area contributed by atoms with Gasteiger partial charge in [-0.3, -0.25) is 0 Å². The van der Waals surface area contributed by atoms with Crippen molar-refractivity contribution in [2.24, 2.45) is 0 Å². The highest BCUT2D eigenvalue weighted by atomic mass is 32.2. The summed E-state index contributed by atoms with van der Waals surface area (Å²) in [4.78, 5) is 1.42. The first-order chi connectivity index (χ1) is 10.8. The standard InChI is InChI=1S/C21H18S/c1-15-11-13-16(14-12-15)20-18-9-5-6-10-19(18)22-21(20)17-7-3-2-4-8-17/h2-14,20-21H,1H3. The molecule has 0 saturated heterocycles. The summed E-state index contributed by atoms with van der Waals surface area (Å²) in [5.74, 6) is 0.434. The van der Waals surface area contributed by atoms with Crippen LogP contribution in [0.1, 0.15) is 33.4 Å². The molecule has 2 atom stereocenters. The Morgan fingerprint density at radius 1 is 0.682 bits per heavy atom. The Hall–Kier alpha value is -1.99. The van der Waals surface area contributed by atoms with Gasteiger partial charge in [-0.05, 0) is 29.7 Å². The highest BCUT2D eigenvalue weighted by Gasteiger charge is 2.35. The van der Waals surface area contributed by atoms with Crippen molar-refractivity contribution in [1.82, 2.24) is 0 Å². The first kappa shape index (κ1) is 13.7. The van der Waals surface area contributed by atoms with Crippen molar-refractivity contribution in [2.45, 2.75) is 23.0 Å². The summed E-state index contributed by atoms with van der Waals surface area (Å²) in [5.41, 5.74) is 5.61. The number of benzene rings is 3. The van der Waals surface area contributed by atoms with Crippen molar-refractivity contribution >= 4 is 11.8 Å². The second-order valence-corrected chi connectivity index (χ2v) is 7.06. The molecule has 1 aliphatic rings. The van der Waals surface area contributed by atoms with E-state index in [1.165, 1.54) is 27.1 Å². The molecule has 3 aromatic carbocycles. The third-order valence-electron chi connectivity index (χ3n) is 4.38. The molecule has 0 radical (unpaired) electrons. The van der Waals surface area contributed by atoms with Crippen molar-refractivity contribution < 1.29 is 0 Å². The highest BCUT2D eigenvalue weighted by Crippen LogP contribution is 2.56. The molecule has 0 nitrogen and oxygen atoms in total. The maximum Gasteiger partial charge on any atom is 0.0454 e. The third kappa shape index (κ3) is 2.36. The molecule has 4 rings (SSSR count). The Labute approximate surface area is 136 Å². The lowest BCUT2D eigenvalue weighted by Gasteiger charge is -2.21. The van der Waals surface area contributed by atoms with Crippen LogP contribution in [0.4, 0.5) is 0 Å². The van der Waals surface area contributed by atoms with E-state index in [1.54, 1.807) is 0 Å². The number of rotatable bonds is 2. The van der Waals surface area contributed by atoms with E-state index < -0.39 is 0 Å². The van der Waals surface area contributed by atoms with Crippen LogP contribution in [0.15, 0.2) is 83.8 Å². The zero-order valence-electron chi connectivity index (χ0n) is 12.6. The fraction of sp³-hybridized carbons (Fsp3) is 0.143. The Bertz CT molecular complexity index is 775. The predicted molar refractivity (Wildman–Crippen MR) is 94.5 cm³/mol. The van der Waals surface area contributed by atoms with Gasteiger partial charge >= 0.3 is 0 Å². The van der Waals surface area contributed by atoms with Gasteiger partial charge in [0.05, 0.1) is 0 Å². The Morgan fingerprint density at radius 2 is 1.36 bits per heavy atom. The average molecular weight is 302 g/mol. The van der Waals surface area contributed by atoms with E-state index in [0.717, 1.165) is 0 Å². The van der Waals surface area contributed by atoms with Crippen LogP contribution in [-0.2, 0) is 0 Å². The molecule has 0 aliphatic carbocycles. The fourth-order valence-corrected chi connectivity index (χ4v) is 4.74. The van der Waals surface area contributed by atoms with Gasteiger partial charge in [-0.25, -0.2) is 0 Å². The molecule has 1 aliphatic heterocycles. The molecule has 1 heterocycles. The molecule has 108 valence electrons. The minimum atomic E-state index is 0.434. The molecule has 1 heteroatoms. The molecule has 0 aromatic heterocycles. The summed E-state index contributed by atoms with van der Waals surface area (Å²) < 4.78 is 0. The quantitative estimate of drug-likeness (QED) is 0.561. The van der Waals surface area contributed by atoms with Gasteiger partial charge in [-0.15, -0.1) is 11.8 Å². The monoisotopic (exact) mass is 302 g/mol. The van der Waals surface area contributed by atoms with Gasteiger partial charge in [-0.2, -0.15) is 0 Å². The normalized spacial score (nSPS) is 19.9. The molecule has 0 saturated carbocycles. The molecular weight excluding hydrogens is 284 g/mol. The minimum absolute atomic E-state index is 0.434. The first-order valence-electron chi connectivity index (χ1n) is 7.70. The van der Waals surface area contributed by atoms with E-state index >= 15 is 0 Å². The lowest BCUT2D eigenvalue weighted by Crippen LogP contribution is -2.05. The zero-order valence-corrected chi connectivity index (χ0v) is 13.4. The molecular formula is C21H18S. The van der Waals surface area contributed by atoms with Crippen LogP contribution >= 0.6 is 11.8 Å². The van der Waals surface area contributed by atoms with Crippen LogP contribution in [0.25, 0.3) is 0 Å². The van der Waals surface area contributed by atoms with Crippen LogP contribution in [0.5, 0.6) is 0 Å². The van der Waals surface area contributed by atoms with Gasteiger partial charge in [0.1, 0.15) is 0 Å². The van der Waals surface area contributed by atoms with E-state index in [-0.39, 0.29) is 0 Å². The molecule has 22 heavy (non-hydrogen) atoms. The molecule has 0 N–H and O–H groups in total. The van der Waals surface area contributed by atoms with Crippen LogP contribution in [0.3, 0.4) is 0 Å².